The molecule has 1 fully saturated rings. The minimum absolute atomic E-state index is 0.0127. The molecule has 2 heterocycles. The molecule has 0 spiro atoms. The van der Waals surface area contributed by atoms with Crippen molar-refractivity contribution in [2.24, 2.45) is 0 Å². The Hall–Kier alpha value is -2.35. The Morgan fingerprint density at radius 2 is 2.12 bits per heavy atom. The summed E-state index contributed by atoms with van der Waals surface area (Å²) in [4.78, 5) is 10.6. The summed E-state index contributed by atoms with van der Waals surface area (Å²) in [6.45, 7) is 1.05. The Labute approximate surface area is 143 Å². The number of benzene rings is 1. The molecule has 0 amide bonds. The van der Waals surface area contributed by atoms with Gasteiger partial charge in [-0.3, -0.25) is 0 Å². The van der Waals surface area contributed by atoms with E-state index in [4.69, 9.17) is 0 Å². The first-order valence-electron chi connectivity index (χ1n) is 8.08. The summed E-state index contributed by atoms with van der Waals surface area (Å²) in [6, 6.07) is 6.87. The van der Waals surface area contributed by atoms with E-state index >= 15 is 0 Å². The average Bonchev–Trinajstić information content (AvgIpc) is 3.08. The molecule has 0 saturated carbocycles. The number of hydrogen-bond acceptors (Lipinski definition) is 5. The quantitative estimate of drug-likeness (QED) is 0.866. The molecule has 0 radical (unpaired) electrons. The van der Waals surface area contributed by atoms with Crippen LogP contribution in [0.3, 0.4) is 0 Å². The van der Waals surface area contributed by atoms with Crippen LogP contribution in [0.1, 0.15) is 24.0 Å². The number of aliphatic hydroxyl groups excluding tert-OH is 1. The van der Waals surface area contributed by atoms with Gasteiger partial charge in [-0.1, -0.05) is 12.1 Å². The first kappa shape index (κ1) is 17.5. The van der Waals surface area contributed by atoms with Crippen LogP contribution in [0, 0.1) is 0 Å². The average molecular weight is 352 g/mol. The van der Waals surface area contributed by atoms with Gasteiger partial charge in [0.1, 0.15) is 5.82 Å². The highest BCUT2D eigenvalue weighted by molar-refractivity contribution is 5.43. The maximum absolute atomic E-state index is 12.8. The summed E-state index contributed by atoms with van der Waals surface area (Å²) in [5, 5.41) is 12.4. The molecule has 0 bridgehead atoms. The van der Waals surface area contributed by atoms with Crippen molar-refractivity contribution in [3.05, 3.63) is 47.7 Å². The zero-order valence-corrected chi connectivity index (χ0v) is 13.5. The monoisotopic (exact) mass is 352 g/mol. The molecule has 3 rings (SSSR count). The summed E-state index contributed by atoms with van der Waals surface area (Å²) >= 11 is 0. The third-order valence-electron chi connectivity index (χ3n) is 4.22. The van der Waals surface area contributed by atoms with Crippen molar-refractivity contribution in [2.45, 2.75) is 31.6 Å². The molecule has 1 aromatic heterocycles. The highest BCUT2D eigenvalue weighted by Crippen LogP contribution is 2.29. The fraction of sp³-hybridized carbons (Fsp3) is 0.412. The van der Waals surface area contributed by atoms with Crippen molar-refractivity contribution < 1.29 is 18.3 Å². The largest absolute Gasteiger partial charge is 0.416 e. The minimum atomic E-state index is -4.35. The van der Waals surface area contributed by atoms with E-state index in [0.29, 0.717) is 17.3 Å². The Balaban J connectivity index is 1.69. The summed E-state index contributed by atoms with van der Waals surface area (Å²) < 4.78 is 38.3. The number of nitrogens with one attached hydrogen (secondary N) is 1. The number of halogens is 3. The molecule has 5 nitrogen and oxygen atoms in total. The predicted molar refractivity (Wildman–Crippen MR) is 88.3 cm³/mol. The van der Waals surface area contributed by atoms with E-state index in [1.165, 1.54) is 6.07 Å². The maximum atomic E-state index is 12.8. The van der Waals surface area contributed by atoms with E-state index in [0.717, 1.165) is 31.5 Å². The molecule has 1 aromatic carbocycles. The molecular formula is C17H19F3N4O. The summed E-state index contributed by atoms with van der Waals surface area (Å²) in [7, 11) is 0. The minimum Gasteiger partial charge on any atom is -0.394 e. The number of aliphatic hydroxyl groups is 1. The summed E-state index contributed by atoms with van der Waals surface area (Å²) in [5.74, 6) is 1.05. The lowest BCUT2D eigenvalue weighted by Gasteiger charge is -2.23. The zero-order valence-electron chi connectivity index (χ0n) is 13.5. The van der Waals surface area contributed by atoms with Crippen molar-refractivity contribution in [2.75, 3.05) is 23.4 Å². The van der Waals surface area contributed by atoms with Crippen LogP contribution in [-0.2, 0) is 12.7 Å². The molecule has 8 heteroatoms. The fourth-order valence-corrected chi connectivity index (χ4v) is 2.92. The molecule has 1 atom stereocenters. The number of anilines is 2. The van der Waals surface area contributed by atoms with E-state index in [9.17, 15) is 18.3 Å². The fourth-order valence-electron chi connectivity index (χ4n) is 2.92. The van der Waals surface area contributed by atoms with Crippen LogP contribution in [0.5, 0.6) is 0 Å². The Bertz CT molecular complexity index is 723. The van der Waals surface area contributed by atoms with Crippen LogP contribution in [0.2, 0.25) is 0 Å². The van der Waals surface area contributed by atoms with Gasteiger partial charge >= 0.3 is 6.18 Å². The Morgan fingerprint density at radius 3 is 2.88 bits per heavy atom. The predicted octanol–water partition coefficient (Wildman–Crippen LogP) is 3.07. The Morgan fingerprint density at radius 1 is 1.28 bits per heavy atom. The van der Waals surface area contributed by atoms with Crippen LogP contribution in [0.15, 0.2) is 36.5 Å². The van der Waals surface area contributed by atoms with E-state index in [1.54, 1.807) is 18.3 Å². The molecule has 134 valence electrons. The zero-order chi connectivity index (χ0) is 17.9. The number of aromatic nitrogens is 2. The molecule has 1 unspecified atom stereocenters. The topological polar surface area (TPSA) is 61.3 Å². The van der Waals surface area contributed by atoms with E-state index in [2.05, 4.69) is 15.3 Å². The number of rotatable bonds is 5. The highest BCUT2D eigenvalue weighted by atomic mass is 19.4. The van der Waals surface area contributed by atoms with Crippen molar-refractivity contribution in [3.8, 4) is 0 Å². The van der Waals surface area contributed by atoms with Gasteiger partial charge < -0.3 is 15.3 Å². The van der Waals surface area contributed by atoms with Crippen molar-refractivity contribution in [1.29, 1.82) is 0 Å². The molecule has 0 aliphatic carbocycles. The van der Waals surface area contributed by atoms with Gasteiger partial charge in [0.05, 0.1) is 18.2 Å². The van der Waals surface area contributed by atoms with Crippen molar-refractivity contribution in [1.82, 2.24) is 9.97 Å². The molecular weight excluding hydrogens is 333 g/mol. The van der Waals surface area contributed by atoms with Gasteiger partial charge in [0.15, 0.2) is 0 Å². The van der Waals surface area contributed by atoms with Gasteiger partial charge in [-0.2, -0.15) is 18.2 Å². The van der Waals surface area contributed by atoms with Crippen molar-refractivity contribution >= 4 is 11.8 Å². The first-order chi connectivity index (χ1) is 12.0. The van der Waals surface area contributed by atoms with Gasteiger partial charge in [-0.15, -0.1) is 0 Å². The van der Waals surface area contributed by atoms with Gasteiger partial charge in [-0.25, -0.2) is 4.98 Å². The van der Waals surface area contributed by atoms with Gasteiger partial charge in [0.25, 0.3) is 0 Å². The lowest BCUT2D eigenvalue weighted by molar-refractivity contribution is -0.137. The van der Waals surface area contributed by atoms with Crippen LogP contribution in [-0.4, -0.2) is 34.3 Å². The second-order valence-electron chi connectivity index (χ2n) is 5.97. The van der Waals surface area contributed by atoms with E-state index < -0.39 is 11.7 Å². The molecule has 1 saturated heterocycles. The second-order valence-corrected chi connectivity index (χ2v) is 5.97. The Kier molecular flexibility index (Phi) is 5.08. The van der Waals surface area contributed by atoms with E-state index in [1.807, 2.05) is 4.90 Å². The smallest absolute Gasteiger partial charge is 0.394 e. The first-order valence-corrected chi connectivity index (χ1v) is 8.08. The summed E-state index contributed by atoms with van der Waals surface area (Å²) in [6.07, 6.45) is -0.894. The SMILES string of the molecule is OCC1CCCN1c1nccc(NCc2cccc(C(F)(F)F)c2)n1. The molecule has 2 N–H and O–H groups in total. The molecule has 25 heavy (non-hydrogen) atoms. The highest BCUT2D eigenvalue weighted by Gasteiger charge is 2.30. The molecule has 1 aliphatic rings. The summed E-state index contributed by atoms with van der Waals surface area (Å²) in [5.41, 5.74) is -0.151. The van der Waals surface area contributed by atoms with Crippen LogP contribution >= 0.6 is 0 Å². The third-order valence-corrected chi connectivity index (χ3v) is 4.22. The standard InChI is InChI=1S/C17H19F3N4O/c18-17(19,20)13-4-1-3-12(9-13)10-22-15-6-7-21-16(23-15)24-8-2-5-14(24)11-25/h1,3-4,6-7,9,14,25H,2,5,8,10-11H2,(H,21,22,23). The van der Waals surface area contributed by atoms with Crippen LogP contribution in [0.25, 0.3) is 0 Å². The number of hydrogen-bond donors (Lipinski definition) is 2. The van der Waals surface area contributed by atoms with Crippen LogP contribution < -0.4 is 10.2 Å². The normalized spacial score (nSPS) is 17.8. The third kappa shape index (κ3) is 4.19. The van der Waals surface area contributed by atoms with Crippen molar-refractivity contribution in [3.63, 3.8) is 0 Å². The van der Waals surface area contributed by atoms with Gasteiger partial charge in [0.2, 0.25) is 5.95 Å². The van der Waals surface area contributed by atoms with E-state index in [-0.39, 0.29) is 19.2 Å². The number of alkyl halides is 3. The maximum Gasteiger partial charge on any atom is 0.416 e. The van der Waals surface area contributed by atoms with Gasteiger partial charge in [-0.05, 0) is 36.6 Å². The van der Waals surface area contributed by atoms with Crippen LogP contribution in [0.4, 0.5) is 24.9 Å². The second kappa shape index (κ2) is 7.26. The lowest BCUT2D eigenvalue weighted by Crippen LogP contribution is -2.33. The van der Waals surface area contributed by atoms with Gasteiger partial charge in [0, 0.05) is 19.3 Å². The number of nitrogens with zero attached hydrogens (tertiary/aromatic N) is 3. The molecule has 2 aromatic rings. The molecule has 1 aliphatic heterocycles. The lowest BCUT2D eigenvalue weighted by atomic mass is 10.1.